The summed E-state index contributed by atoms with van der Waals surface area (Å²) < 4.78 is 0. The van der Waals surface area contributed by atoms with Crippen molar-refractivity contribution in [3.05, 3.63) is 34.9 Å². The summed E-state index contributed by atoms with van der Waals surface area (Å²) in [7, 11) is 1.66. The monoisotopic (exact) mass is 218 g/mol. The Morgan fingerprint density at radius 1 is 1.50 bits per heavy atom. The molecule has 2 N–H and O–H groups in total. The van der Waals surface area contributed by atoms with E-state index in [4.69, 9.17) is 0 Å². The zero-order chi connectivity index (χ0) is 11.5. The van der Waals surface area contributed by atoms with Gasteiger partial charge in [-0.15, -0.1) is 0 Å². The van der Waals surface area contributed by atoms with E-state index in [0.717, 1.165) is 12.8 Å². The quantitative estimate of drug-likeness (QED) is 0.803. The molecule has 1 aromatic rings. The summed E-state index contributed by atoms with van der Waals surface area (Å²) in [6, 6.07) is 6.92. The molecule has 1 unspecified atom stereocenters. The summed E-state index contributed by atoms with van der Waals surface area (Å²) >= 11 is 0. The van der Waals surface area contributed by atoms with E-state index < -0.39 is 0 Å². The molecule has 0 heterocycles. The summed E-state index contributed by atoms with van der Waals surface area (Å²) in [4.78, 5) is 11.2. The molecule has 2 rings (SSSR count). The average molecular weight is 218 g/mol. The van der Waals surface area contributed by atoms with Crippen LogP contribution in [0.15, 0.2) is 18.2 Å². The van der Waals surface area contributed by atoms with Gasteiger partial charge in [-0.2, -0.15) is 0 Å². The van der Waals surface area contributed by atoms with Crippen molar-refractivity contribution in [2.75, 3.05) is 13.6 Å². The minimum absolute atomic E-state index is 0.0427. The van der Waals surface area contributed by atoms with E-state index in [9.17, 15) is 4.79 Å². The molecule has 0 saturated heterocycles. The van der Waals surface area contributed by atoms with Gasteiger partial charge in [0.15, 0.2) is 0 Å². The van der Waals surface area contributed by atoms with E-state index in [1.165, 1.54) is 16.7 Å². The second-order valence-corrected chi connectivity index (χ2v) is 4.35. The van der Waals surface area contributed by atoms with Gasteiger partial charge < -0.3 is 10.6 Å². The zero-order valence-corrected chi connectivity index (χ0v) is 9.84. The number of fused-ring (bicyclic) bond motifs is 1. The van der Waals surface area contributed by atoms with Crippen LogP contribution in [0.25, 0.3) is 0 Å². The van der Waals surface area contributed by atoms with E-state index in [1.54, 1.807) is 7.05 Å². The van der Waals surface area contributed by atoms with Crippen LogP contribution in [0.4, 0.5) is 0 Å². The van der Waals surface area contributed by atoms with Gasteiger partial charge in [0.2, 0.25) is 5.91 Å². The third kappa shape index (κ3) is 2.25. The van der Waals surface area contributed by atoms with Gasteiger partial charge in [-0.3, -0.25) is 4.79 Å². The predicted molar refractivity (Wildman–Crippen MR) is 64.3 cm³/mol. The van der Waals surface area contributed by atoms with E-state index in [0.29, 0.717) is 12.6 Å². The van der Waals surface area contributed by atoms with Crippen LogP contribution >= 0.6 is 0 Å². The first-order valence-corrected chi connectivity index (χ1v) is 5.74. The molecule has 3 heteroatoms. The Morgan fingerprint density at radius 2 is 2.31 bits per heavy atom. The largest absolute Gasteiger partial charge is 0.358 e. The van der Waals surface area contributed by atoms with Crippen molar-refractivity contribution in [2.24, 2.45) is 0 Å². The summed E-state index contributed by atoms with van der Waals surface area (Å²) in [5.74, 6) is 0.0427. The number of nitrogens with one attached hydrogen (secondary N) is 2. The molecule has 1 aliphatic carbocycles. The molecule has 0 saturated carbocycles. The zero-order valence-electron chi connectivity index (χ0n) is 9.84. The molecular weight excluding hydrogens is 200 g/mol. The molecule has 1 aromatic carbocycles. The number of carbonyl (C=O) groups excluding carboxylic acids is 1. The van der Waals surface area contributed by atoms with Gasteiger partial charge in [0.25, 0.3) is 0 Å². The standard InChI is InChI=1S/C13H18N2O/c1-9-3-4-10-5-6-12(11(10)7-9)15-8-13(16)14-2/h3-4,7,12,15H,5-6,8H2,1-2H3,(H,14,16). The first-order valence-electron chi connectivity index (χ1n) is 5.74. The predicted octanol–water partition coefficient (Wildman–Crippen LogP) is 1.32. The molecule has 0 fully saturated rings. The van der Waals surface area contributed by atoms with Crippen LogP contribution in [0.3, 0.4) is 0 Å². The maximum absolute atomic E-state index is 11.2. The summed E-state index contributed by atoms with van der Waals surface area (Å²) in [5, 5.41) is 5.93. The summed E-state index contributed by atoms with van der Waals surface area (Å²) in [6.07, 6.45) is 2.21. The smallest absolute Gasteiger partial charge is 0.233 e. The minimum atomic E-state index is 0.0427. The molecule has 0 radical (unpaired) electrons. The second-order valence-electron chi connectivity index (χ2n) is 4.35. The van der Waals surface area contributed by atoms with Crippen molar-refractivity contribution in [3.63, 3.8) is 0 Å². The molecule has 3 nitrogen and oxygen atoms in total. The topological polar surface area (TPSA) is 41.1 Å². The van der Waals surface area contributed by atoms with Crippen molar-refractivity contribution < 1.29 is 4.79 Å². The lowest BCUT2D eigenvalue weighted by molar-refractivity contribution is -0.119. The maximum atomic E-state index is 11.2. The fraction of sp³-hybridized carbons (Fsp3) is 0.462. The highest BCUT2D eigenvalue weighted by Gasteiger charge is 2.22. The maximum Gasteiger partial charge on any atom is 0.233 e. The van der Waals surface area contributed by atoms with E-state index in [2.05, 4.69) is 35.8 Å². The number of carbonyl (C=O) groups is 1. The first kappa shape index (κ1) is 11.1. The SMILES string of the molecule is CNC(=O)CNC1CCc2ccc(C)cc21. The van der Waals surface area contributed by atoms with Crippen molar-refractivity contribution in [1.82, 2.24) is 10.6 Å². The van der Waals surface area contributed by atoms with Crippen molar-refractivity contribution in [3.8, 4) is 0 Å². The summed E-state index contributed by atoms with van der Waals surface area (Å²) in [5.41, 5.74) is 4.07. The highest BCUT2D eigenvalue weighted by Crippen LogP contribution is 2.31. The molecular formula is C13H18N2O. The normalized spacial score (nSPS) is 18.2. The minimum Gasteiger partial charge on any atom is -0.358 e. The molecule has 0 aromatic heterocycles. The molecule has 1 aliphatic rings. The Hall–Kier alpha value is -1.35. The van der Waals surface area contributed by atoms with Gasteiger partial charge >= 0.3 is 0 Å². The number of amides is 1. The Labute approximate surface area is 96.2 Å². The third-order valence-corrected chi connectivity index (χ3v) is 3.17. The molecule has 0 bridgehead atoms. The third-order valence-electron chi connectivity index (χ3n) is 3.17. The van der Waals surface area contributed by atoms with Crippen LogP contribution in [0.1, 0.15) is 29.2 Å². The van der Waals surface area contributed by atoms with Crippen LogP contribution in [-0.2, 0) is 11.2 Å². The van der Waals surface area contributed by atoms with E-state index in [-0.39, 0.29) is 5.91 Å². The molecule has 0 spiro atoms. The molecule has 86 valence electrons. The Kier molecular flexibility index (Phi) is 3.25. The van der Waals surface area contributed by atoms with Gasteiger partial charge in [-0.25, -0.2) is 0 Å². The van der Waals surface area contributed by atoms with Crippen LogP contribution in [0.2, 0.25) is 0 Å². The average Bonchev–Trinajstić information content (AvgIpc) is 2.68. The number of aryl methyl sites for hydroxylation is 2. The fourth-order valence-corrected chi connectivity index (χ4v) is 2.24. The van der Waals surface area contributed by atoms with Crippen LogP contribution < -0.4 is 10.6 Å². The molecule has 1 amide bonds. The van der Waals surface area contributed by atoms with Crippen LogP contribution in [0.5, 0.6) is 0 Å². The van der Waals surface area contributed by atoms with Gasteiger partial charge in [0.05, 0.1) is 6.54 Å². The lowest BCUT2D eigenvalue weighted by Crippen LogP contribution is -2.33. The lowest BCUT2D eigenvalue weighted by Gasteiger charge is -2.13. The number of rotatable bonds is 3. The second kappa shape index (κ2) is 4.66. The lowest BCUT2D eigenvalue weighted by atomic mass is 10.1. The van der Waals surface area contributed by atoms with Gasteiger partial charge in [-0.05, 0) is 30.9 Å². The molecule has 16 heavy (non-hydrogen) atoms. The van der Waals surface area contributed by atoms with Gasteiger partial charge in [-0.1, -0.05) is 23.8 Å². The van der Waals surface area contributed by atoms with Gasteiger partial charge in [0, 0.05) is 13.1 Å². The van der Waals surface area contributed by atoms with E-state index >= 15 is 0 Å². The van der Waals surface area contributed by atoms with Crippen LogP contribution in [-0.4, -0.2) is 19.5 Å². The van der Waals surface area contributed by atoms with Crippen molar-refractivity contribution in [1.29, 1.82) is 0 Å². The number of likely N-dealkylation sites (N-methyl/N-ethyl adjacent to an activating group) is 1. The highest BCUT2D eigenvalue weighted by atomic mass is 16.1. The summed E-state index contributed by atoms with van der Waals surface area (Å²) in [6.45, 7) is 2.50. The molecule has 1 atom stereocenters. The number of hydrogen-bond acceptors (Lipinski definition) is 2. The highest BCUT2D eigenvalue weighted by molar-refractivity contribution is 5.77. The number of hydrogen-bond donors (Lipinski definition) is 2. The van der Waals surface area contributed by atoms with Crippen molar-refractivity contribution >= 4 is 5.91 Å². The van der Waals surface area contributed by atoms with Crippen LogP contribution in [0, 0.1) is 6.92 Å². The van der Waals surface area contributed by atoms with Gasteiger partial charge in [0.1, 0.15) is 0 Å². The van der Waals surface area contributed by atoms with Crippen molar-refractivity contribution in [2.45, 2.75) is 25.8 Å². The van der Waals surface area contributed by atoms with E-state index in [1.807, 2.05) is 0 Å². The first-order chi connectivity index (χ1) is 7.70. The number of benzene rings is 1. The Bertz CT molecular complexity index is 401. The fourth-order valence-electron chi connectivity index (χ4n) is 2.24. The Balaban J connectivity index is 2.05. The molecule has 0 aliphatic heterocycles. The Morgan fingerprint density at radius 3 is 3.06 bits per heavy atom.